The fourth-order valence-electron chi connectivity index (χ4n) is 1.99. The summed E-state index contributed by atoms with van der Waals surface area (Å²) in [6.45, 7) is 1.74. The smallest absolute Gasteiger partial charge is 0.244 e. The molecule has 0 unspecified atom stereocenters. The van der Waals surface area contributed by atoms with E-state index in [-0.39, 0.29) is 10.5 Å². The highest BCUT2D eigenvalue weighted by Gasteiger charge is 2.29. The van der Waals surface area contributed by atoms with Crippen molar-refractivity contribution in [3.63, 3.8) is 0 Å². The summed E-state index contributed by atoms with van der Waals surface area (Å²) in [6, 6.07) is 10.9. The number of hydrogen-bond acceptors (Lipinski definition) is 4. The van der Waals surface area contributed by atoms with Crippen molar-refractivity contribution < 1.29 is 8.42 Å². The third kappa shape index (κ3) is 3.12. The van der Waals surface area contributed by atoms with Crippen LogP contribution in [0.15, 0.2) is 47.5 Å². The molecule has 5 nitrogen and oxygen atoms in total. The Morgan fingerprint density at radius 3 is 2.64 bits per heavy atom. The molecular weight excluding hydrogens is 322 g/mol. The highest BCUT2D eigenvalue weighted by Crippen LogP contribution is 2.27. The Labute approximate surface area is 134 Å². The molecule has 2 aromatic rings. The number of aromatic nitrogens is 1. The van der Waals surface area contributed by atoms with Crippen molar-refractivity contribution >= 4 is 21.6 Å². The molecule has 0 saturated heterocycles. The van der Waals surface area contributed by atoms with Crippen molar-refractivity contribution in [3.8, 4) is 6.07 Å². The molecule has 0 aliphatic carbocycles. The molecule has 1 aromatic heterocycles. The van der Waals surface area contributed by atoms with E-state index in [0.29, 0.717) is 10.7 Å². The van der Waals surface area contributed by atoms with Crippen LogP contribution >= 0.6 is 11.6 Å². The quantitative estimate of drug-likeness (QED) is 0.860. The van der Waals surface area contributed by atoms with Gasteiger partial charge >= 0.3 is 0 Å². The number of nitriles is 1. The van der Waals surface area contributed by atoms with Crippen LogP contribution in [0.2, 0.25) is 5.02 Å². The topological polar surface area (TPSA) is 74.1 Å². The summed E-state index contributed by atoms with van der Waals surface area (Å²) in [5.74, 6) is 0. The van der Waals surface area contributed by atoms with Gasteiger partial charge in [0.1, 0.15) is 11.0 Å². The molecule has 0 bridgehead atoms. The number of nitrogens with zero attached hydrogens (tertiary/aromatic N) is 3. The number of benzene rings is 1. The Morgan fingerprint density at radius 2 is 2.05 bits per heavy atom. The van der Waals surface area contributed by atoms with E-state index in [9.17, 15) is 8.42 Å². The molecule has 7 heteroatoms. The maximum absolute atomic E-state index is 12.7. The van der Waals surface area contributed by atoms with Crippen LogP contribution in [0.1, 0.15) is 24.2 Å². The maximum Gasteiger partial charge on any atom is 0.244 e. The van der Waals surface area contributed by atoms with Gasteiger partial charge in [-0.2, -0.15) is 9.57 Å². The molecule has 0 amide bonds. The fourth-order valence-corrected chi connectivity index (χ4v) is 3.62. The minimum absolute atomic E-state index is 0.0209. The Balaban J connectivity index is 2.45. The van der Waals surface area contributed by atoms with E-state index in [0.717, 1.165) is 0 Å². The van der Waals surface area contributed by atoms with Crippen LogP contribution in [-0.4, -0.2) is 24.8 Å². The zero-order valence-electron chi connectivity index (χ0n) is 12.1. The first-order valence-electron chi connectivity index (χ1n) is 6.46. The minimum Gasteiger partial charge on any atom is -0.260 e. The van der Waals surface area contributed by atoms with Crippen LogP contribution in [0.5, 0.6) is 0 Å². The number of sulfonamides is 1. The van der Waals surface area contributed by atoms with E-state index >= 15 is 0 Å². The van der Waals surface area contributed by atoms with Gasteiger partial charge in [-0.3, -0.25) is 4.98 Å². The highest BCUT2D eigenvalue weighted by atomic mass is 35.5. The van der Waals surface area contributed by atoms with Crippen molar-refractivity contribution in [2.75, 3.05) is 7.05 Å². The second-order valence-electron chi connectivity index (χ2n) is 4.70. The van der Waals surface area contributed by atoms with E-state index in [1.165, 1.54) is 29.6 Å². The third-order valence-electron chi connectivity index (χ3n) is 3.38. The number of pyridine rings is 1. The van der Waals surface area contributed by atoms with E-state index < -0.39 is 16.1 Å². The lowest BCUT2D eigenvalue weighted by molar-refractivity contribution is 0.392. The van der Waals surface area contributed by atoms with E-state index in [2.05, 4.69) is 4.98 Å². The summed E-state index contributed by atoms with van der Waals surface area (Å²) in [7, 11) is -2.37. The van der Waals surface area contributed by atoms with Crippen LogP contribution in [0.25, 0.3) is 0 Å². The van der Waals surface area contributed by atoms with Gasteiger partial charge in [-0.05, 0) is 37.3 Å². The molecule has 22 heavy (non-hydrogen) atoms. The maximum atomic E-state index is 12.7. The van der Waals surface area contributed by atoms with Crippen molar-refractivity contribution in [1.82, 2.24) is 9.29 Å². The largest absolute Gasteiger partial charge is 0.260 e. The first-order valence-corrected chi connectivity index (χ1v) is 8.28. The molecule has 1 atom stereocenters. The first kappa shape index (κ1) is 16.4. The molecule has 2 rings (SSSR count). The van der Waals surface area contributed by atoms with Gasteiger partial charge in [-0.25, -0.2) is 8.42 Å². The third-order valence-corrected chi connectivity index (χ3v) is 5.60. The van der Waals surface area contributed by atoms with Gasteiger partial charge in [-0.1, -0.05) is 17.7 Å². The molecule has 0 radical (unpaired) electrons. The van der Waals surface area contributed by atoms with Crippen molar-refractivity contribution in [3.05, 3.63) is 58.9 Å². The van der Waals surface area contributed by atoms with Gasteiger partial charge in [-0.15, -0.1) is 0 Å². The second-order valence-corrected chi connectivity index (χ2v) is 7.11. The predicted molar refractivity (Wildman–Crippen MR) is 83.8 cm³/mol. The SMILES string of the molecule is C[C@@H](c1ccccn1)N(C)S(=O)(=O)c1ccc(Cl)cc1C#N. The zero-order chi connectivity index (χ0) is 16.3. The van der Waals surface area contributed by atoms with Gasteiger partial charge in [0.05, 0.1) is 17.3 Å². The summed E-state index contributed by atoms with van der Waals surface area (Å²) < 4.78 is 26.7. The summed E-state index contributed by atoms with van der Waals surface area (Å²) >= 11 is 5.81. The zero-order valence-corrected chi connectivity index (χ0v) is 13.6. The Kier molecular flexibility index (Phi) is 4.81. The van der Waals surface area contributed by atoms with Crippen LogP contribution in [0, 0.1) is 11.3 Å². The molecule has 0 saturated carbocycles. The number of hydrogen-bond donors (Lipinski definition) is 0. The molecule has 0 spiro atoms. The molecule has 1 aromatic carbocycles. The molecular formula is C15H14ClN3O2S. The summed E-state index contributed by atoms with van der Waals surface area (Å²) in [5.41, 5.74) is 0.647. The molecule has 0 N–H and O–H groups in total. The molecule has 114 valence electrons. The van der Waals surface area contributed by atoms with Crippen LogP contribution in [0.4, 0.5) is 0 Å². The van der Waals surface area contributed by atoms with Crippen LogP contribution in [0.3, 0.4) is 0 Å². The van der Waals surface area contributed by atoms with Crippen LogP contribution in [-0.2, 0) is 10.0 Å². The lowest BCUT2D eigenvalue weighted by atomic mass is 10.2. The van der Waals surface area contributed by atoms with E-state index in [1.54, 1.807) is 31.3 Å². The Morgan fingerprint density at radius 1 is 1.32 bits per heavy atom. The number of rotatable bonds is 4. The lowest BCUT2D eigenvalue weighted by Crippen LogP contribution is -2.30. The summed E-state index contributed by atoms with van der Waals surface area (Å²) in [5, 5.41) is 9.46. The first-order chi connectivity index (χ1) is 10.4. The van der Waals surface area contributed by atoms with Crippen LogP contribution < -0.4 is 0 Å². The second kappa shape index (κ2) is 6.44. The molecule has 1 heterocycles. The number of halogens is 1. The van der Waals surface area contributed by atoms with Gasteiger partial charge < -0.3 is 0 Å². The standard InChI is InChI=1S/C15H14ClN3O2S/c1-11(14-5-3-4-8-18-14)19(2)22(20,21)15-7-6-13(16)9-12(15)10-17/h3-9,11H,1-2H3/t11-/m0/s1. The average Bonchev–Trinajstić information content (AvgIpc) is 2.53. The van der Waals surface area contributed by atoms with E-state index in [4.69, 9.17) is 16.9 Å². The predicted octanol–water partition coefficient (Wildman–Crippen LogP) is 2.99. The van der Waals surface area contributed by atoms with Crippen molar-refractivity contribution in [2.24, 2.45) is 0 Å². The summed E-state index contributed by atoms with van der Waals surface area (Å²) in [4.78, 5) is 4.11. The average molecular weight is 336 g/mol. The highest BCUT2D eigenvalue weighted by molar-refractivity contribution is 7.89. The Hall–Kier alpha value is -1.94. The van der Waals surface area contributed by atoms with E-state index in [1.807, 2.05) is 6.07 Å². The van der Waals surface area contributed by atoms with Gasteiger partial charge in [0.15, 0.2) is 0 Å². The van der Waals surface area contributed by atoms with Gasteiger partial charge in [0.2, 0.25) is 10.0 Å². The Bertz CT molecular complexity index is 816. The van der Waals surface area contributed by atoms with Gasteiger partial charge in [0.25, 0.3) is 0 Å². The molecule has 0 aliphatic rings. The summed E-state index contributed by atoms with van der Waals surface area (Å²) in [6.07, 6.45) is 1.61. The normalized spacial score (nSPS) is 12.9. The molecule has 0 aliphatic heterocycles. The minimum atomic E-state index is -3.83. The monoisotopic (exact) mass is 335 g/mol. The van der Waals surface area contributed by atoms with Gasteiger partial charge in [0, 0.05) is 18.3 Å². The van der Waals surface area contributed by atoms with Crippen molar-refractivity contribution in [1.29, 1.82) is 5.26 Å². The fraction of sp³-hybridized carbons (Fsp3) is 0.200. The molecule has 0 fully saturated rings. The lowest BCUT2D eigenvalue weighted by Gasteiger charge is -2.24. The van der Waals surface area contributed by atoms with Crippen molar-refractivity contribution in [2.45, 2.75) is 17.9 Å².